The second-order valence-electron chi connectivity index (χ2n) is 3.39. The van der Waals surface area contributed by atoms with E-state index in [0.29, 0.717) is 6.61 Å². The Balaban J connectivity index is 2.43. The molecule has 2 rings (SSSR count). The Labute approximate surface area is 82.0 Å². The van der Waals surface area contributed by atoms with Gasteiger partial charge in [-0.25, -0.2) is 0 Å². The first kappa shape index (κ1) is 8.72. The van der Waals surface area contributed by atoms with Crippen molar-refractivity contribution in [2.24, 2.45) is 0 Å². The molecule has 1 nitrogen and oxygen atoms in total. The highest BCUT2D eigenvalue weighted by atomic mass is 28.2. The molecule has 65 valence electrons. The lowest BCUT2D eigenvalue weighted by molar-refractivity contribution is 0.408. The van der Waals surface area contributed by atoms with Crippen molar-refractivity contribution in [2.45, 2.75) is 13.8 Å². The molecule has 0 aromatic heterocycles. The number of fused-ring (bicyclic) bond motifs is 1. The number of hydrogen-bond acceptors (Lipinski definition) is 1. The molecule has 0 saturated heterocycles. The highest BCUT2D eigenvalue weighted by molar-refractivity contribution is 6.06. The summed E-state index contributed by atoms with van der Waals surface area (Å²) in [4.78, 5) is 0. The van der Waals surface area contributed by atoms with Crippen molar-refractivity contribution in [3.05, 3.63) is 34.9 Å². The summed E-state index contributed by atoms with van der Waals surface area (Å²) < 4.78 is 4.96. The van der Waals surface area contributed by atoms with Crippen molar-refractivity contribution >= 4 is 21.6 Å². The van der Waals surface area contributed by atoms with E-state index in [1.165, 1.54) is 27.8 Å². The minimum Gasteiger partial charge on any atom is -0.414 e. The van der Waals surface area contributed by atoms with Gasteiger partial charge in [-0.2, -0.15) is 0 Å². The van der Waals surface area contributed by atoms with E-state index in [2.05, 4.69) is 42.5 Å². The zero-order valence-electron chi connectivity index (χ0n) is 7.85. The summed E-state index contributed by atoms with van der Waals surface area (Å²) in [5.74, 6) is 0. The van der Waals surface area contributed by atoms with Crippen LogP contribution in [0.4, 0.5) is 0 Å². The van der Waals surface area contributed by atoms with E-state index in [4.69, 9.17) is 4.43 Å². The van der Waals surface area contributed by atoms with Crippen molar-refractivity contribution < 1.29 is 4.43 Å². The molecule has 3 radical (unpaired) electrons. The van der Waals surface area contributed by atoms with E-state index in [1.54, 1.807) is 0 Å². The summed E-state index contributed by atoms with van der Waals surface area (Å²) in [5, 5.41) is 0. The van der Waals surface area contributed by atoms with E-state index < -0.39 is 0 Å². The molecule has 0 saturated carbocycles. The van der Waals surface area contributed by atoms with Crippen LogP contribution in [0, 0.1) is 6.92 Å². The average molecular weight is 187 g/mol. The second kappa shape index (κ2) is 3.12. The van der Waals surface area contributed by atoms with E-state index in [-0.39, 0.29) is 0 Å². The van der Waals surface area contributed by atoms with Gasteiger partial charge in [0.05, 0.1) is 6.61 Å². The van der Waals surface area contributed by atoms with Gasteiger partial charge in [0.25, 0.3) is 0 Å². The average Bonchev–Trinajstić information content (AvgIpc) is 2.13. The smallest absolute Gasteiger partial charge is 0.246 e. The Kier molecular flexibility index (Phi) is 2.10. The Hall–Kier alpha value is -0.863. The largest absolute Gasteiger partial charge is 0.414 e. The first-order chi connectivity index (χ1) is 6.25. The maximum absolute atomic E-state index is 4.96. The third kappa shape index (κ3) is 1.17. The molecule has 1 aromatic rings. The first-order valence-corrected chi connectivity index (χ1v) is 4.75. The normalized spacial score (nSPS) is 14.1. The predicted octanol–water partition coefficient (Wildman–Crippen LogP) is 2.34. The van der Waals surface area contributed by atoms with Gasteiger partial charge >= 0.3 is 0 Å². The fourth-order valence-corrected chi connectivity index (χ4v) is 2.11. The van der Waals surface area contributed by atoms with Crippen LogP contribution in [0.1, 0.15) is 23.6 Å². The summed E-state index contributed by atoms with van der Waals surface area (Å²) in [6.45, 7) is 4.95. The van der Waals surface area contributed by atoms with E-state index in [9.17, 15) is 0 Å². The summed E-state index contributed by atoms with van der Waals surface area (Å²) >= 11 is 0. The van der Waals surface area contributed by atoms with Crippen LogP contribution in [0.5, 0.6) is 0 Å². The minimum atomic E-state index is 0.652. The van der Waals surface area contributed by atoms with Crippen molar-refractivity contribution in [1.82, 2.24) is 0 Å². The fourth-order valence-electron chi connectivity index (χ4n) is 1.97. The van der Waals surface area contributed by atoms with Crippen molar-refractivity contribution in [3.63, 3.8) is 0 Å². The minimum absolute atomic E-state index is 0.652. The topological polar surface area (TPSA) is 9.23 Å². The Morgan fingerprint density at radius 3 is 2.77 bits per heavy atom. The number of aryl methyl sites for hydroxylation is 1. The van der Waals surface area contributed by atoms with Gasteiger partial charge in [0, 0.05) is 0 Å². The lowest BCUT2D eigenvalue weighted by Gasteiger charge is -2.27. The van der Waals surface area contributed by atoms with Crippen LogP contribution >= 0.6 is 0 Å². The third-order valence-electron chi connectivity index (χ3n) is 2.64. The number of benzene rings is 1. The van der Waals surface area contributed by atoms with Gasteiger partial charge in [0.1, 0.15) is 0 Å². The Morgan fingerprint density at radius 1 is 1.31 bits per heavy atom. The standard InChI is InChI=1S/C11H11OSi/c1-7-4-3-5-9-10(6-12-13)8(2)11(7)9/h3-5H,6H2,1-2H3. The molecule has 0 N–H and O–H groups in total. The van der Waals surface area contributed by atoms with Crippen LogP contribution in [0.2, 0.25) is 0 Å². The molecule has 0 unspecified atom stereocenters. The first-order valence-electron chi connectivity index (χ1n) is 4.34. The van der Waals surface area contributed by atoms with Crippen molar-refractivity contribution in [3.8, 4) is 0 Å². The highest BCUT2D eigenvalue weighted by Gasteiger charge is 2.22. The van der Waals surface area contributed by atoms with E-state index in [1.807, 2.05) is 0 Å². The summed E-state index contributed by atoms with van der Waals surface area (Å²) in [5.41, 5.74) is 6.78. The molecule has 0 heterocycles. The molecule has 1 aliphatic rings. The monoisotopic (exact) mass is 187 g/mol. The molecular formula is C11H11OSi. The molecule has 0 aliphatic heterocycles. The van der Waals surface area contributed by atoms with Crippen LogP contribution in [0.3, 0.4) is 0 Å². The van der Waals surface area contributed by atoms with Gasteiger partial charge in [-0.15, -0.1) is 0 Å². The summed E-state index contributed by atoms with van der Waals surface area (Å²) in [7, 11) is 3.03. The fraction of sp³-hybridized carbons (Fsp3) is 0.273. The molecule has 1 aliphatic carbocycles. The molecule has 0 fully saturated rings. The van der Waals surface area contributed by atoms with Crippen LogP contribution in [0.25, 0.3) is 11.1 Å². The van der Waals surface area contributed by atoms with Crippen molar-refractivity contribution in [1.29, 1.82) is 0 Å². The third-order valence-corrected chi connectivity index (χ3v) is 2.79. The van der Waals surface area contributed by atoms with Gasteiger partial charge < -0.3 is 4.43 Å². The molecular weight excluding hydrogens is 176 g/mol. The van der Waals surface area contributed by atoms with Crippen LogP contribution in [-0.2, 0) is 4.43 Å². The van der Waals surface area contributed by atoms with E-state index >= 15 is 0 Å². The van der Waals surface area contributed by atoms with Crippen molar-refractivity contribution in [2.75, 3.05) is 6.61 Å². The highest BCUT2D eigenvalue weighted by Crippen LogP contribution is 2.41. The predicted molar refractivity (Wildman–Crippen MR) is 55.4 cm³/mol. The van der Waals surface area contributed by atoms with Crippen LogP contribution in [0.15, 0.2) is 18.2 Å². The van der Waals surface area contributed by atoms with E-state index in [0.717, 1.165) is 0 Å². The van der Waals surface area contributed by atoms with Gasteiger partial charge in [0.2, 0.25) is 10.5 Å². The van der Waals surface area contributed by atoms with Gasteiger partial charge in [-0.3, -0.25) is 0 Å². The van der Waals surface area contributed by atoms with Crippen LogP contribution < -0.4 is 0 Å². The SMILES string of the molecule is CC1=C(CO[Si])c2cccc(C)c21. The molecule has 2 heteroatoms. The lowest BCUT2D eigenvalue weighted by atomic mass is 9.79. The maximum Gasteiger partial charge on any atom is 0.246 e. The van der Waals surface area contributed by atoms with Crippen LogP contribution in [-0.4, -0.2) is 17.1 Å². The molecule has 0 atom stereocenters. The Bertz CT molecular complexity index is 380. The molecule has 0 spiro atoms. The number of allylic oxidation sites excluding steroid dienone is 1. The maximum atomic E-state index is 4.96. The zero-order chi connectivity index (χ0) is 9.42. The molecule has 0 amide bonds. The Morgan fingerprint density at radius 2 is 2.08 bits per heavy atom. The second-order valence-corrected chi connectivity index (χ2v) is 3.68. The lowest BCUT2D eigenvalue weighted by Crippen LogP contribution is -2.10. The van der Waals surface area contributed by atoms with Gasteiger partial charge in [-0.05, 0) is 41.7 Å². The quantitative estimate of drug-likeness (QED) is 0.646. The number of rotatable bonds is 2. The zero-order valence-corrected chi connectivity index (χ0v) is 8.85. The number of hydrogen-bond donors (Lipinski definition) is 0. The molecule has 0 bridgehead atoms. The summed E-state index contributed by atoms with van der Waals surface area (Å²) in [6, 6.07) is 6.39. The molecule has 13 heavy (non-hydrogen) atoms. The van der Waals surface area contributed by atoms with Gasteiger partial charge in [-0.1, -0.05) is 18.2 Å². The summed E-state index contributed by atoms with van der Waals surface area (Å²) in [6.07, 6.45) is 0. The van der Waals surface area contributed by atoms with Gasteiger partial charge in [0.15, 0.2) is 0 Å². The molecule has 1 aromatic carbocycles.